The second-order valence-electron chi connectivity index (χ2n) is 5.99. The molecule has 2 aromatic rings. The van der Waals surface area contributed by atoms with Crippen molar-refractivity contribution in [2.45, 2.75) is 20.8 Å². The van der Waals surface area contributed by atoms with Crippen molar-refractivity contribution >= 4 is 23.5 Å². The van der Waals surface area contributed by atoms with E-state index in [-0.39, 0.29) is 11.7 Å². The van der Waals surface area contributed by atoms with Gasteiger partial charge in [0, 0.05) is 16.7 Å². The molecule has 0 spiro atoms. The van der Waals surface area contributed by atoms with E-state index in [1.54, 1.807) is 48.7 Å². The molecule has 4 heteroatoms. The van der Waals surface area contributed by atoms with Gasteiger partial charge in [0.2, 0.25) is 5.91 Å². The number of rotatable bonds is 4. The molecule has 0 saturated heterocycles. The van der Waals surface area contributed by atoms with E-state index in [1.165, 1.54) is 6.08 Å². The van der Waals surface area contributed by atoms with Gasteiger partial charge in [0.05, 0.1) is 6.26 Å². The van der Waals surface area contributed by atoms with Gasteiger partial charge in [-0.25, -0.2) is 0 Å². The maximum absolute atomic E-state index is 12.0. The lowest BCUT2D eigenvalue weighted by Gasteiger charge is -2.17. The van der Waals surface area contributed by atoms with Crippen LogP contribution in [0, 0.1) is 5.41 Å². The van der Waals surface area contributed by atoms with Crippen molar-refractivity contribution in [2.24, 2.45) is 5.41 Å². The summed E-state index contributed by atoms with van der Waals surface area (Å²) in [5, 5.41) is 2.82. The quantitative estimate of drug-likeness (QED) is 0.681. The molecule has 4 nitrogen and oxygen atoms in total. The Morgan fingerprint density at radius 3 is 2.32 bits per heavy atom. The van der Waals surface area contributed by atoms with Crippen molar-refractivity contribution in [1.82, 2.24) is 0 Å². The first-order valence-corrected chi connectivity index (χ1v) is 7.04. The Morgan fingerprint density at radius 1 is 1.09 bits per heavy atom. The number of amides is 1. The third-order valence-corrected chi connectivity index (χ3v) is 3.05. The van der Waals surface area contributed by atoms with Crippen molar-refractivity contribution < 1.29 is 14.0 Å². The van der Waals surface area contributed by atoms with Gasteiger partial charge in [0.1, 0.15) is 5.76 Å². The van der Waals surface area contributed by atoms with Crippen LogP contribution in [0.25, 0.3) is 6.08 Å². The molecule has 0 aliphatic rings. The average molecular weight is 297 g/mol. The molecule has 0 bridgehead atoms. The highest BCUT2D eigenvalue weighted by Gasteiger charge is 2.21. The molecule has 1 amide bonds. The predicted octanol–water partition coefficient (Wildman–Crippen LogP) is 4.16. The third kappa shape index (κ3) is 4.19. The van der Waals surface area contributed by atoms with Gasteiger partial charge < -0.3 is 9.73 Å². The first-order valence-electron chi connectivity index (χ1n) is 7.04. The molecule has 1 heterocycles. The minimum Gasteiger partial charge on any atom is -0.465 e. The van der Waals surface area contributed by atoms with Gasteiger partial charge in [-0.05, 0) is 48.6 Å². The van der Waals surface area contributed by atoms with Crippen LogP contribution in [0.15, 0.2) is 53.2 Å². The van der Waals surface area contributed by atoms with Crippen LogP contribution in [0.3, 0.4) is 0 Å². The molecular weight excluding hydrogens is 278 g/mol. The number of nitrogens with one attached hydrogen (secondary N) is 1. The molecule has 22 heavy (non-hydrogen) atoms. The zero-order valence-electron chi connectivity index (χ0n) is 12.9. The number of hydrogen-bond acceptors (Lipinski definition) is 3. The molecule has 114 valence electrons. The second kappa shape index (κ2) is 6.43. The van der Waals surface area contributed by atoms with Crippen LogP contribution in [0.4, 0.5) is 5.69 Å². The standard InChI is InChI=1S/C18H19NO3/c1-18(2,3)17(21)19-14-8-6-13(7-9-14)16(20)11-10-15-5-4-12-22-15/h4-12H,1-3H3,(H,19,21). The fraction of sp³-hybridized carbons (Fsp3) is 0.222. The first kappa shape index (κ1) is 15.8. The van der Waals surface area contributed by atoms with Crippen molar-refractivity contribution in [1.29, 1.82) is 0 Å². The number of furan rings is 1. The molecule has 0 saturated carbocycles. The smallest absolute Gasteiger partial charge is 0.229 e. The molecule has 0 aliphatic heterocycles. The molecule has 0 fully saturated rings. The van der Waals surface area contributed by atoms with E-state index < -0.39 is 5.41 Å². The monoisotopic (exact) mass is 297 g/mol. The summed E-state index contributed by atoms with van der Waals surface area (Å²) >= 11 is 0. The summed E-state index contributed by atoms with van der Waals surface area (Å²) in [6, 6.07) is 10.3. The number of carbonyl (C=O) groups excluding carboxylic acids is 2. The molecule has 0 radical (unpaired) electrons. The summed E-state index contributed by atoms with van der Waals surface area (Å²) in [5.41, 5.74) is 0.767. The Morgan fingerprint density at radius 2 is 1.77 bits per heavy atom. The third-order valence-electron chi connectivity index (χ3n) is 3.05. The fourth-order valence-electron chi connectivity index (χ4n) is 1.68. The molecule has 0 aliphatic carbocycles. The molecule has 2 rings (SSSR count). The number of benzene rings is 1. The van der Waals surface area contributed by atoms with Gasteiger partial charge in [-0.3, -0.25) is 9.59 Å². The fourth-order valence-corrected chi connectivity index (χ4v) is 1.68. The molecule has 0 unspecified atom stereocenters. The van der Waals surface area contributed by atoms with Gasteiger partial charge in [-0.1, -0.05) is 20.8 Å². The molecule has 1 N–H and O–H groups in total. The minimum atomic E-state index is -0.458. The van der Waals surface area contributed by atoms with Gasteiger partial charge in [0.15, 0.2) is 5.78 Å². The van der Waals surface area contributed by atoms with Crippen molar-refractivity contribution in [3.8, 4) is 0 Å². The topological polar surface area (TPSA) is 59.3 Å². The highest BCUT2D eigenvalue weighted by molar-refractivity contribution is 6.07. The van der Waals surface area contributed by atoms with Crippen LogP contribution in [0.2, 0.25) is 0 Å². The summed E-state index contributed by atoms with van der Waals surface area (Å²) in [6.45, 7) is 5.54. The molecular formula is C18H19NO3. The lowest BCUT2D eigenvalue weighted by atomic mass is 9.95. The Bertz CT molecular complexity index is 674. The van der Waals surface area contributed by atoms with E-state index in [2.05, 4.69) is 5.32 Å². The van der Waals surface area contributed by atoms with Gasteiger partial charge in [0.25, 0.3) is 0 Å². The van der Waals surface area contributed by atoms with Gasteiger partial charge in [-0.15, -0.1) is 0 Å². The van der Waals surface area contributed by atoms with E-state index in [0.717, 1.165) is 0 Å². The number of allylic oxidation sites excluding steroid dienone is 1. The summed E-state index contributed by atoms with van der Waals surface area (Å²) in [5.74, 6) is 0.441. The van der Waals surface area contributed by atoms with Crippen molar-refractivity contribution in [3.63, 3.8) is 0 Å². The van der Waals surface area contributed by atoms with Crippen LogP contribution in [-0.4, -0.2) is 11.7 Å². The highest BCUT2D eigenvalue weighted by Crippen LogP contribution is 2.18. The summed E-state index contributed by atoms with van der Waals surface area (Å²) < 4.78 is 5.13. The summed E-state index contributed by atoms with van der Waals surface area (Å²) in [4.78, 5) is 23.9. The zero-order valence-corrected chi connectivity index (χ0v) is 12.9. The summed E-state index contributed by atoms with van der Waals surface area (Å²) in [7, 11) is 0. The van der Waals surface area contributed by atoms with E-state index in [4.69, 9.17) is 4.42 Å². The van der Waals surface area contributed by atoms with E-state index in [9.17, 15) is 9.59 Å². The maximum atomic E-state index is 12.0. The summed E-state index contributed by atoms with van der Waals surface area (Å²) in [6.07, 6.45) is 4.63. The van der Waals surface area contributed by atoms with Crippen LogP contribution < -0.4 is 5.32 Å². The zero-order chi connectivity index (χ0) is 16.2. The Kier molecular flexibility index (Phi) is 4.61. The van der Waals surface area contributed by atoms with Crippen LogP contribution >= 0.6 is 0 Å². The molecule has 0 atom stereocenters. The Labute approximate surface area is 129 Å². The van der Waals surface area contributed by atoms with Crippen LogP contribution in [-0.2, 0) is 4.79 Å². The predicted molar refractivity (Wildman–Crippen MR) is 86.6 cm³/mol. The largest absolute Gasteiger partial charge is 0.465 e. The van der Waals surface area contributed by atoms with Crippen LogP contribution in [0.1, 0.15) is 36.9 Å². The van der Waals surface area contributed by atoms with Gasteiger partial charge >= 0.3 is 0 Å². The number of ketones is 1. The van der Waals surface area contributed by atoms with E-state index >= 15 is 0 Å². The number of anilines is 1. The Hall–Kier alpha value is -2.62. The SMILES string of the molecule is CC(C)(C)C(=O)Nc1ccc(C(=O)C=Cc2ccco2)cc1. The lowest BCUT2D eigenvalue weighted by Crippen LogP contribution is -2.27. The lowest BCUT2D eigenvalue weighted by molar-refractivity contribution is -0.123. The maximum Gasteiger partial charge on any atom is 0.229 e. The van der Waals surface area contributed by atoms with Crippen molar-refractivity contribution in [3.05, 3.63) is 60.1 Å². The minimum absolute atomic E-state index is 0.0655. The van der Waals surface area contributed by atoms with Gasteiger partial charge in [-0.2, -0.15) is 0 Å². The van der Waals surface area contributed by atoms with E-state index in [1.807, 2.05) is 20.8 Å². The molecule has 1 aromatic carbocycles. The second-order valence-corrected chi connectivity index (χ2v) is 5.99. The van der Waals surface area contributed by atoms with E-state index in [0.29, 0.717) is 17.0 Å². The normalized spacial score (nSPS) is 11.6. The first-order chi connectivity index (χ1) is 10.4. The number of hydrogen-bond donors (Lipinski definition) is 1. The number of carbonyl (C=O) groups is 2. The Balaban J connectivity index is 2.02. The highest BCUT2D eigenvalue weighted by atomic mass is 16.3. The molecule has 1 aromatic heterocycles. The van der Waals surface area contributed by atoms with Crippen LogP contribution in [0.5, 0.6) is 0 Å². The van der Waals surface area contributed by atoms with Crippen molar-refractivity contribution in [2.75, 3.05) is 5.32 Å². The average Bonchev–Trinajstić information content (AvgIpc) is 2.98.